The lowest BCUT2D eigenvalue weighted by atomic mass is 10.3. The summed E-state index contributed by atoms with van der Waals surface area (Å²) in [5.74, 6) is -0.0226. The first-order valence-electron chi connectivity index (χ1n) is 2.10. The van der Waals surface area contributed by atoms with Gasteiger partial charge in [0.1, 0.15) is 11.5 Å². The topological polar surface area (TPSA) is 40.5 Å². The molecule has 1 rings (SSSR count). The van der Waals surface area contributed by atoms with Gasteiger partial charge in [-0.1, -0.05) is 0 Å². The normalized spacial score (nSPS) is 9.00. The second-order valence-electron chi connectivity index (χ2n) is 1.35. The van der Waals surface area contributed by atoms with Gasteiger partial charge < -0.3 is 10.2 Å². The molecule has 1 aromatic rings. The maximum absolute atomic E-state index is 8.58. The molecule has 0 amide bonds. The van der Waals surface area contributed by atoms with E-state index in [0.29, 0.717) is 0 Å². The van der Waals surface area contributed by atoms with Crippen molar-refractivity contribution >= 4 is 0 Å². The lowest BCUT2D eigenvalue weighted by Gasteiger charge is -1.87. The summed E-state index contributed by atoms with van der Waals surface area (Å²) in [6.45, 7) is 0. The summed E-state index contributed by atoms with van der Waals surface area (Å²) >= 11 is 0. The van der Waals surface area contributed by atoms with Crippen LogP contribution < -0.4 is 0 Å². The fourth-order valence-electron chi connectivity index (χ4n) is 0.368. The minimum absolute atomic E-state index is 0.0581. The second kappa shape index (κ2) is 1.74. The Kier molecular flexibility index (Phi) is 1.08. The van der Waals surface area contributed by atoms with Gasteiger partial charge in [-0.15, -0.1) is 0 Å². The van der Waals surface area contributed by atoms with Crippen molar-refractivity contribution in [2.24, 2.45) is 0 Å². The van der Waals surface area contributed by atoms with Crippen molar-refractivity contribution in [2.75, 3.05) is 0 Å². The molecule has 2 nitrogen and oxygen atoms in total. The van der Waals surface area contributed by atoms with Gasteiger partial charge in [-0.05, 0) is 12.1 Å². The maximum Gasteiger partial charge on any atom is 0.131 e. The highest BCUT2D eigenvalue weighted by molar-refractivity contribution is 5.26. The van der Waals surface area contributed by atoms with Gasteiger partial charge in [0.15, 0.2) is 0 Å². The third-order valence-corrected chi connectivity index (χ3v) is 0.714. The minimum Gasteiger partial charge on any atom is -0.508 e. The molecule has 0 heterocycles. The van der Waals surface area contributed by atoms with Crippen molar-refractivity contribution in [1.82, 2.24) is 0 Å². The summed E-state index contributed by atoms with van der Waals surface area (Å²) in [5, 5.41) is 17.1. The number of benzene rings is 1. The molecule has 0 fully saturated rings. The molecule has 0 saturated carbocycles. The summed E-state index contributed by atoms with van der Waals surface area (Å²) < 4.78 is 0. The number of phenols is 2. The van der Waals surface area contributed by atoms with Gasteiger partial charge >= 0.3 is 0 Å². The lowest BCUT2D eigenvalue weighted by Crippen LogP contribution is -1.63. The van der Waals surface area contributed by atoms with Crippen molar-refractivity contribution in [1.29, 1.82) is 0 Å². The third-order valence-electron chi connectivity index (χ3n) is 0.714. The van der Waals surface area contributed by atoms with Gasteiger partial charge in [0.2, 0.25) is 0 Å². The fraction of sp³-hybridized carbons (Fsp3) is 0. The van der Waals surface area contributed by atoms with E-state index >= 15 is 0 Å². The van der Waals surface area contributed by atoms with Crippen molar-refractivity contribution < 1.29 is 10.2 Å². The number of hydrogen-bond donors (Lipinski definition) is 2. The lowest BCUT2D eigenvalue weighted by molar-refractivity contribution is 0.458. The molecule has 2 N–H and O–H groups in total. The predicted molar refractivity (Wildman–Crippen MR) is 27.4 cm³/mol. The fourth-order valence-corrected chi connectivity index (χ4v) is 0.368. The predicted octanol–water partition coefficient (Wildman–Crippen LogP) is 0.698. The number of rotatable bonds is 0. The van der Waals surface area contributed by atoms with E-state index in [-0.39, 0.29) is 11.5 Å². The average Bonchev–Trinajstić information content (AvgIpc) is 1.77. The molecule has 0 atom stereocenters. The van der Waals surface area contributed by atoms with Crippen LogP contribution in [0.3, 0.4) is 0 Å². The van der Waals surface area contributed by atoms with Gasteiger partial charge in [0, 0.05) is 12.1 Å². The standard InChI is InChI=1S/C6H4O2/c7-5-1-2-6(8)4-3-5/h1,3,7-8H. The molecule has 0 spiro atoms. The van der Waals surface area contributed by atoms with E-state index in [1.165, 1.54) is 12.1 Å². The summed E-state index contributed by atoms with van der Waals surface area (Å²) in [5.41, 5.74) is 0. The van der Waals surface area contributed by atoms with Gasteiger partial charge in [0.05, 0.1) is 0 Å². The molecule has 2 radical (unpaired) electrons. The van der Waals surface area contributed by atoms with Gasteiger partial charge in [0.25, 0.3) is 0 Å². The van der Waals surface area contributed by atoms with Crippen LogP contribution in [0.1, 0.15) is 0 Å². The van der Waals surface area contributed by atoms with E-state index in [9.17, 15) is 0 Å². The molecule has 0 aliphatic rings. The van der Waals surface area contributed by atoms with Gasteiger partial charge in [-0.2, -0.15) is 0 Å². The molecule has 0 saturated heterocycles. The van der Waals surface area contributed by atoms with Crippen LogP contribution in [0.2, 0.25) is 0 Å². The molecule has 1 aromatic carbocycles. The molecule has 0 bridgehead atoms. The Labute approximate surface area is 47.0 Å². The number of aromatic hydroxyl groups is 2. The van der Waals surface area contributed by atoms with E-state index in [4.69, 9.17) is 10.2 Å². The van der Waals surface area contributed by atoms with E-state index < -0.39 is 0 Å². The van der Waals surface area contributed by atoms with E-state index in [2.05, 4.69) is 12.1 Å². The molecule has 40 valence electrons. The zero-order valence-corrected chi connectivity index (χ0v) is 4.05. The molecule has 0 aliphatic heterocycles. The van der Waals surface area contributed by atoms with Crippen LogP contribution in [-0.4, -0.2) is 10.2 Å². The highest BCUT2D eigenvalue weighted by atomic mass is 16.3. The second-order valence-corrected chi connectivity index (χ2v) is 1.35. The van der Waals surface area contributed by atoms with Crippen LogP contribution in [0.15, 0.2) is 12.1 Å². The molecule has 0 aromatic heterocycles. The van der Waals surface area contributed by atoms with Crippen LogP contribution in [0.4, 0.5) is 0 Å². The smallest absolute Gasteiger partial charge is 0.131 e. The monoisotopic (exact) mass is 108 g/mol. The maximum atomic E-state index is 8.58. The van der Waals surface area contributed by atoms with E-state index in [1.54, 1.807) is 0 Å². The SMILES string of the molecule is Oc1[c]cc(O)c[c]1. The van der Waals surface area contributed by atoms with Crippen molar-refractivity contribution in [2.45, 2.75) is 0 Å². The highest BCUT2D eigenvalue weighted by Gasteiger charge is 1.86. The Bertz CT molecular complexity index is 145. The largest absolute Gasteiger partial charge is 0.508 e. The average molecular weight is 108 g/mol. The van der Waals surface area contributed by atoms with Gasteiger partial charge in [-0.25, -0.2) is 0 Å². The minimum atomic E-state index is -0.0807. The van der Waals surface area contributed by atoms with Crippen LogP contribution >= 0.6 is 0 Å². The summed E-state index contributed by atoms with van der Waals surface area (Å²) in [6, 6.07) is 7.24. The Morgan fingerprint density at radius 2 is 1.62 bits per heavy atom. The summed E-state index contributed by atoms with van der Waals surface area (Å²) in [4.78, 5) is 0. The Morgan fingerprint density at radius 1 is 1.12 bits per heavy atom. The molecule has 0 unspecified atom stereocenters. The quantitative estimate of drug-likeness (QED) is 0.480. The molecular weight excluding hydrogens is 104 g/mol. The Morgan fingerprint density at radius 3 is 2.00 bits per heavy atom. The number of hydrogen-bond acceptors (Lipinski definition) is 2. The van der Waals surface area contributed by atoms with Crippen LogP contribution in [0.25, 0.3) is 0 Å². The van der Waals surface area contributed by atoms with Gasteiger partial charge in [-0.3, -0.25) is 0 Å². The van der Waals surface area contributed by atoms with E-state index in [0.717, 1.165) is 0 Å². The molecule has 2 heteroatoms. The molecule has 8 heavy (non-hydrogen) atoms. The Balaban J connectivity index is 3.03. The zero-order chi connectivity index (χ0) is 5.98. The van der Waals surface area contributed by atoms with Crippen LogP contribution in [-0.2, 0) is 0 Å². The Hall–Kier alpha value is -1.18. The van der Waals surface area contributed by atoms with Crippen LogP contribution in [0.5, 0.6) is 11.5 Å². The number of phenolic OH excluding ortho intramolecular Hbond substituents is 2. The van der Waals surface area contributed by atoms with E-state index in [1.807, 2.05) is 0 Å². The summed E-state index contributed by atoms with van der Waals surface area (Å²) in [6.07, 6.45) is 0. The highest BCUT2D eigenvalue weighted by Crippen LogP contribution is 2.11. The first-order valence-corrected chi connectivity index (χ1v) is 2.10. The van der Waals surface area contributed by atoms with Crippen molar-refractivity contribution in [3.8, 4) is 11.5 Å². The first kappa shape index (κ1) is 4.97. The van der Waals surface area contributed by atoms with Crippen molar-refractivity contribution in [3.63, 3.8) is 0 Å². The third kappa shape index (κ3) is 0.904. The summed E-state index contributed by atoms with van der Waals surface area (Å²) in [7, 11) is 0. The van der Waals surface area contributed by atoms with Crippen molar-refractivity contribution in [3.05, 3.63) is 24.3 Å². The zero-order valence-electron chi connectivity index (χ0n) is 4.05. The first-order chi connectivity index (χ1) is 3.79. The van der Waals surface area contributed by atoms with Crippen LogP contribution in [0, 0.1) is 12.1 Å². The molecule has 0 aliphatic carbocycles. The molecular formula is C6H4O2.